The molecule has 4 nitrogen and oxygen atoms in total. The van der Waals surface area contributed by atoms with E-state index in [0.717, 1.165) is 10.5 Å². The van der Waals surface area contributed by atoms with Gasteiger partial charge in [0.1, 0.15) is 0 Å². The van der Waals surface area contributed by atoms with Crippen molar-refractivity contribution in [1.29, 1.82) is 5.26 Å². The van der Waals surface area contributed by atoms with E-state index in [1.54, 1.807) is 18.8 Å². The Labute approximate surface area is 135 Å². The Morgan fingerprint density at radius 3 is 2.18 bits per heavy atom. The number of hydrogen-bond donors (Lipinski definition) is 0. The minimum Gasteiger partial charge on any atom is -0.207 e. The molecule has 0 N–H and O–H groups in total. The second-order valence-electron chi connectivity index (χ2n) is 4.75. The summed E-state index contributed by atoms with van der Waals surface area (Å²) in [5.41, 5.74) is 1.37. The van der Waals surface area contributed by atoms with Crippen molar-refractivity contribution < 1.29 is 8.42 Å². The highest BCUT2D eigenvalue weighted by Gasteiger charge is 2.20. The van der Waals surface area contributed by atoms with Gasteiger partial charge in [0.2, 0.25) is 10.0 Å². The summed E-state index contributed by atoms with van der Waals surface area (Å²) in [6, 6.07) is 15.7. The van der Waals surface area contributed by atoms with Crippen LogP contribution in [0.3, 0.4) is 0 Å². The van der Waals surface area contributed by atoms with Crippen LogP contribution in [0.2, 0.25) is 0 Å². The SMILES string of the molecule is CSc1ccc(CN(C)S(=O)(=O)c2ccc(C#N)cc2)cc1. The fraction of sp³-hybridized carbons (Fsp3) is 0.188. The Balaban J connectivity index is 2.18. The number of hydrogen-bond acceptors (Lipinski definition) is 4. The molecule has 6 heteroatoms. The lowest BCUT2D eigenvalue weighted by Crippen LogP contribution is -2.26. The maximum atomic E-state index is 12.5. The summed E-state index contributed by atoms with van der Waals surface area (Å²) in [4.78, 5) is 1.33. The van der Waals surface area contributed by atoms with E-state index in [1.807, 2.05) is 36.6 Å². The van der Waals surface area contributed by atoms with Gasteiger partial charge in [0, 0.05) is 18.5 Å². The maximum Gasteiger partial charge on any atom is 0.243 e. The van der Waals surface area contributed by atoms with Crippen molar-refractivity contribution in [3.05, 3.63) is 59.7 Å². The number of thioether (sulfide) groups is 1. The molecule has 0 unspecified atom stereocenters. The van der Waals surface area contributed by atoms with Crippen molar-refractivity contribution in [2.75, 3.05) is 13.3 Å². The first kappa shape index (κ1) is 16.6. The molecule has 0 bridgehead atoms. The molecule has 0 saturated heterocycles. The Bertz CT molecular complexity index is 776. The van der Waals surface area contributed by atoms with Crippen molar-refractivity contribution in [2.45, 2.75) is 16.3 Å². The van der Waals surface area contributed by atoms with Crippen molar-refractivity contribution in [3.8, 4) is 6.07 Å². The van der Waals surface area contributed by atoms with Gasteiger partial charge in [-0.25, -0.2) is 8.42 Å². The second-order valence-corrected chi connectivity index (χ2v) is 7.67. The van der Waals surface area contributed by atoms with E-state index in [-0.39, 0.29) is 4.90 Å². The predicted molar refractivity (Wildman–Crippen MR) is 88.0 cm³/mol. The molecule has 0 heterocycles. The first-order chi connectivity index (χ1) is 10.5. The van der Waals surface area contributed by atoms with Gasteiger partial charge in [-0.15, -0.1) is 11.8 Å². The van der Waals surface area contributed by atoms with Crippen LogP contribution in [0.5, 0.6) is 0 Å². The molecule has 0 aliphatic heterocycles. The molecule has 2 rings (SSSR count). The molecule has 2 aromatic carbocycles. The van der Waals surface area contributed by atoms with Crippen molar-refractivity contribution in [3.63, 3.8) is 0 Å². The van der Waals surface area contributed by atoms with Gasteiger partial charge in [-0.05, 0) is 48.2 Å². The third-order valence-electron chi connectivity index (χ3n) is 3.26. The van der Waals surface area contributed by atoms with Gasteiger partial charge < -0.3 is 0 Å². The van der Waals surface area contributed by atoms with E-state index >= 15 is 0 Å². The average molecular weight is 332 g/mol. The monoisotopic (exact) mass is 332 g/mol. The van der Waals surface area contributed by atoms with Crippen molar-refractivity contribution in [2.24, 2.45) is 0 Å². The van der Waals surface area contributed by atoms with E-state index in [9.17, 15) is 8.42 Å². The van der Waals surface area contributed by atoms with E-state index < -0.39 is 10.0 Å². The Morgan fingerprint density at radius 1 is 1.09 bits per heavy atom. The first-order valence-corrected chi connectivity index (χ1v) is 9.23. The largest absolute Gasteiger partial charge is 0.243 e. The lowest BCUT2D eigenvalue weighted by Gasteiger charge is -2.17. The quantitative estimate of drug-likeness (QED) is 0.789. The Hall–Kier alpha value is -1.81. The van der Waals surface area contributed by atoms with E-state index in [1.165, 1.54) is 28.6 Å². The molecular formula is C16H16N2O2S2. The first-order valence-electron chi connectivity index (χ1n) is 6.57. The number of nitriles is 1. The van der Waals surface area contributed by atoms with Gasteiger partial charge in [0.15, 0.2) is 0 Å². The predicted octanol–water partition coefficient (Wildman–Crippen LogP) is 3.10. The van der Waals surface area contributed by atoms with Crippen LogP contribution in [0, 0.1) is 11.3 Å². The molecule has 0 aliphatic rings. The van der Waals surface area contributed by atoms with Gasteiger partial charge in [-0.2, -0.15) is 9.57 Å². The number of nitrogens with zero attached hydrogens (tertiary/aromatic N) is 2. The van der Waals surface area contributed by atoms with Crippen LogP contribution in [-0.4, -0.2) is 26.0 Å². The third kappa shape index (κ3) is 3.69. The molecule has 0 aromatic heterocycles. The van der Waals surface area contributed by atoms with E-state index in [4.69, 9.17) is 5.26 Å². The Morgan fingerprint density at radius 2 is 1.68 bits per heavy atom. The van der Waals surface area contributed by atoms with Gasteiger partial charge in [0.25, 0.3) is 0 Å². The third-order valence-corrected chi connectivity index (χ3v) is 5.82. The molecule has 114 valence electrons. The lowest BCUT2D eigenvalue weighted by molar-refractivity contribution is 0.466. The summed E-state index contributed by atoms with van der Waals surface area (Å²) in [5, 5.41) is 8.77. The highest BCUT2D eigenvalue weighted by molar-refractivity contribution is 7.98. The minimum atomic E-state index is -3.56. The van der Waals surface area contributed by atoms with Crippen molar-refractivity contribution in [1.82, 2.24) is 4.31 Å². The van der Waals surface area contributed by atoms with Gasteiger partial charge >= 0.3 is 0 Å². The summed E-state index contributed by atoms with van der Waals surface area (Å²) in [6.45, 7) is 0.303. The molecule has 22 heavy (non-hydrogen) atoms. The summed E-state index contributed by atoms with van der Waals surface area (Å²) in [5.74, 6) is 0. The molecule has 0 atom stereocenters. The van der Waals surface area contributed by atoms with Crippen LogP contribution in [0.15, 0.2) is 58.3 Å². The van der Waals surface area contributed by atoms with Crippen molar-refractivity contribution >= 4 is 21.8 Å². The summed E-state index contributed by atoms with van der Waals surface area (Å²) < 4.78 is 26.3. The summed E-state index contributed by atoms with van der Waals surface area (Å²) in [6.07, 6.45) is 2.00. The van der Waals surface area contributed by atoms with Gasteiger partial charge in [0.05, 0.1) is 16.5 Å². The lowest BCUT2D eigenvalue weighted by atomic mass is 10.2. The fourth-order valence-electron chi connectivity index (χ4n) is 1.95. The number of rotatable bonds is 5. The van der Waals surface area contributed by atoms with Crippen LogP contribution < -0.4 is 0 Å². The topological polar surface area (TPSA) is 61.2 Å². The van der Waals surface area contributed by atoms with Crippen LogP contribution in [0.1, 0.15) is 11.1 Å². The molecule has 0 saturated carbocycles. The maximum absolute atomic E-state index is 12.5. The fourth-order valence-corrected chi connectivity index (χ4v) is 3.52. The molecule has 2 aromatic rings. The standard InChI is InChI=1S/C16H16N2O2S2/c1-18(12-14-3-7-15(21-2)8-4-14)22(19,20)16-9-5-13(11-17)6-10-16/h3-10H,12H2,1-2H3. The van der Waals surface area contributed by atoms with Gasteiger partial charge in [-0.3, -0.25) is 0 Å². The molecular weight excluding hydrogens is 316 g/mol. The molecule has 0 fully saturated rings. The summed E-state index contributed by atoms with van der Waals surface area (Å²) >= 11 is 1.64. The summed E-state index contributed by atoms with van der Waals surface area (Å²) in [7, 11) is -2.01. The zero-order valence-corrected chi connectivity index (χ0v) is 14.0. The molecule has 0 radical (unpaired) electrons. The van der Waals surface area contributed by atoms with Gasteiger partial charge in [-0.1, -0.05) is 12.1 Å². The van der Waals surface area contributed by atoms with Crippen LogP contribution >= 0.6 is 11.8 Å². The number of benzene rings is 2. The average Bonchev–Trinajstić information content (AvgIpc) is 2.55. The van der Waals surface area contributed by atoms with E-state index in [2.05, 4.69) is 0 Å². The van der Waals surface area contributed by atoms with Crippen LogP contribution in [0.25, 0.3) is 0 Å². The molecule has 0 aliphatic carbocycles. The van der Waals surface area contributed by atoms with Crippen LogP contribution in [0.4, 0.5) is 0 Å². The Kier molecular flexibility index (Phi) is 5.24. The minimum absolute atomic E-state index is 0.190. The normalized spacial score (nSPS) is 11.4. The molecule has 0 amide bonds. The number of sulfonamides is 1. The van der Waals surface area contributed by atoms with Crippen LogP contribution in [-0.2, 0) is 16.6 Å². The highest BCUT2D eigenvalue weighted by atomic mass is 32.2. The smallest absolute Gasteiger partial charge is 0.207 e. The molecule has 0 spiro atoms. The highest BCUT2D eigenvalue weighted by Crippen LogP contribution is 2.19. The second kappa shape index (κ2) is 6.97. The van der Waals surface area contributed by atoms with E-state index in [0.29, 0.717) is 12.1 Å². The zero-order valence-electron chi connectivity index (χ0n) is 12.4. The zero-order chi connectivity index (χ0) is 16.2.